The third kappa shape index (κ3) is 3.22. The molecule has 2 rings (SSSR count). The Balaban J connectivity index is 1.97. The summed E-state index contributed by atoms with van der Waals surface area (Å²) in [7, 11) is 0. The van der Waals surface area contributed by atoms with Crippen molar-refractivity contribution in [3.8, 4) is 5.75 Å². The molecule has 0 fully saturated rings. The number of ether oxygens (including phenoxy) is 1. The van der Waals surface area contributed by atoms with Gasteiger partial charge in [-0.3, -0.25) is 0 Å². The lowest BCUT2D eigenvalue weighted by Gasteiger charge is -2.18. The average Bonchev–Trinajstić information content (AvgIpc) is 2.81. The molecule has 1 atom stereocenters. The van der Waals surface area contributed by atoms with Crippen molar-refractivity contribution in [2.24, 2.45) is 0 Å². The van der Waals surface area contributed by atoms with Crippen LogP contribution in [0.2, 0.25) is 0 Å². The van der Waals surface area contributed by atoms with E-state index in [0.717, 1.165) is 25.3 Å². The second-order valence-corrected chi connectivity index (χ2v) is 4.74. The van der Waals surface area contributed by atoms with Gasteiger partial charge in [0.15, 0.2) is 0 Å². The molecule has 1 aliphatic rings. The van der Waals surface area contributed by atoms with Gasteiger partial charge in [-0.05, 0) is 55.5 Å². The number of hydrogen-bond acceptors (Lipinski definition) is 2. The molecule has 1 aromatic rings. The van der Waals surface area contributed by atoms with E-state index in [2.05, 4.69) is 37.4 Å². The van der Waals surface area contributed by atoms with Crippen molar-refractivity contribution in [2.75, 3.05) is 13.1 Å². The maximum absolute atomic E-state index is 6.03. The van der Waals surface area contributed by atoms with Gasteiger partial charge >= 0.3 is 0 Å². The molecule has 0 saturated carbocycles. The molecule has 1 N–H and O–H groups in total. The van der Waals surface area contributed by atoms with Crippen LogP contribution in [0.4, 0.5) is 0 Å². The normalized spacial score (nSPS) is 15.6. The Morgan fingerprint density at radius 3 is 2.82 bits per heavy atom. The monoisotopic (exact) mass is 233 g/mol. The number of hydrogen-bond donors (Lipinski definition) is 1. The standard InChI is InChI=1S/C15H23NO/c1-3-14(11-16-4-2)17-15-9-8-12-6-5-7-13(12)10-15/h8-10,14,16H,3-7,11H2,1-2H3. The van der Waals surface area contributed by atoms with Crippen LogP contribution in [-0.4, -0.2) is 19.2 Å². The highest BCUT2D eigenvalue weighted by Crippen LogP contribution is 2.26. The maximum Gasteiger partial charge on any atom is 0.120 e. The lowest BCUT2D eigenvalue weighted by molar-refractivity contribution is 0.194. The van der Waals surface area contributed by atoms with E-state index in [9.17, 15) is 0 Å². The van der Waals surface area contributed by atoms with Crippen LogP contribution in [0.15, 0.2) is 18.2 Å². The summed E-state index contributed by atoms with van der Waals surface area (Å²) >= 11 is 0. The maximum atomic E-state index is 6.03. The summed E-state index contributed by atoms with van der Waals surface area (Å²) in [5.74, 6) is 1.04. The highest BCUT2D eigenvalue weighted by molar-refractivity contribution is 5.38. The molecule has 0 amide bonds. The van der Waals surface area contributed by atoms with Crippen molar-refractivity contribution in [1.82, 2.24) is 5.32 Å². The number of fused-ring (bicyclic) bond motifs is 1. The average molecular weight is 233 g/mol. The molecular weight excluding hydrogens is 210 g/mol. The van der Waals surface area contributed by atoms with E-state index in [-0.39, 0.29) is 6.10 Å². The van der Waals surface area contributed by atoms with Gasteiger partial charge in [0.05, 0.1) is 0 Å². The molecular formula is C15H23NO. The van der Waals surface area contributed by atoms with Gasteiger partial charge < -0.3 is 10.1 Å². The van der Waals surface area contributed by atoms with E-state index in [1.165, 1.54) is 30.4 Å². The first kappa shape index (κ1) is 12.4. The van der Waals surface area contributed by atoms with Crippen molar-refractivity contribution < 1.29 is 4.74 Å². The van der Waals surface area contributed by atoms with Crippen molar-refractivity contribution >= 4 is 0 Å². The quantitative estimate of drug-likeness (QED) is 0.815. The number of aryl methyl sites for hydroxylation is 2. The highest BCUT2D eigenvalue weighted by Gasteiger charge is 2.13. The summed E-state index contributed by atoms with van der Waals surface area (Å²) in [4.78, 5) is 0. The van der Waals surface area contributed by atoms with Crippen LogP contribution in [0, 0.1) is 0 Å². The van der Waals surface area contributed by atoms with Gasteiger partial charge in [-0.2, -0.15) is 0 Å². The molecule has 0 aliphatic heterocycles. The molecule has 2 nitrogen and oxygen atoms in total. The fraction of sp³-hybridized carbons (Fsp3) is 0.600. The molecule has 1 aliphatic carbocycles. The SMILES string of the molecule is CCNCC(CC)Oc1ccc2c(c1)CCC2. The van der Waals surface area contributed by atoms with E-state index in [1.54, 1.807) is 0 Å². The van der Waals surface area contributed by atoms with Gasteiger partial charge in [0.25, 0.3) is 0 Å². The van der Waals surface area contributed by atoms with Crippen molar-refractivity contribution in [3.05, 3.63) is 29.3 Å². The smallest absolute Gasteiger partial charge is 0.120 e. The Hall–Kier alpha value is -1.02. The van der Waals surface area contributed by atoms with Gasteiger partial charge in [-0.25, -0.2) is 0 Å². The minimum atomic E-state index is 0.286. The second kappa shape index (κ2) is 6.06. The van der Waals surface area contributed by atoms with Crippen LogP contribution in [-0.2, 0) is 12.8 Å². The summed E-state index contributed by atoms with van der Waals surface area (Å²) in [5.41, 5.74) is 3.00. The first-order chi connectivity index (χ1) is 8.33. The third-order valence-electron chi connectivity index (χ3n) is 3.45. The van der Waals surface area contributed by atoms with E-state index >= 15 is 0 Å². The minimum Gasteiger partial charge on any atom is -0.489 e. The van der Waals surface area contributed by atoms with E-state index < -0.39 is 0 Å². The van der Waals surface area contributed by atoms with Gasteiger partial charge in [0, 0.05) is 6.54 Å². The number of rotatable bonds is 6. The zero-order valence-corrected chi connectivity index (χ0v) is 11.0. The number of nitrogens with one attached hydrogen (secondary N) is 1. The van der Waals surface area contributed by atoms with Crippen molar-refractivity contribution in [1.29, 1.82) is 0 Å². The molecule has 17 heavy (non-hydrogen) atoms. The Kier molecular flexibility index (Phi) is 4.43. The molecule has 1 aromatic carbocycles. The summed E-state index contributed by atoms with van der Waals surface area (Å²) in [6.45, 7) is 6.24. The Morgan fingerprint density at radius 1 is 1.24 bits per heavy atom. The zero-order chi connectivity index (χ0) is 12.1. The van der Waals surface area contributed by atoms with Crippen molar-refractivity contribution in [3.63, 3.8) is 0 Å². The fourth-order valence-electron chi connectivity index (χ4n) is 2.39. The van der Waals surface area contributed by atoms with E-state index in [0.29, 0.717) is 0 Å². The van der Waals surface area contributed by atoms with Crippen LogP contribution in [0.25, 0.3) is 0 Å². The second-order valence-electron chi connectivity index (χ2n) is 4.74. The molecule has 0 saturated heterocycles. The first-order valence-corrected chi connectivity index (χ1v) is 6.82. The van der Waals surface area contributed by atoms with E-state index in [1.807, 2.05) is 0 Å². The molecule has 94 valence electrons. The minimum absolute atomic E-state index is 0.286. The predicted octanol–water partition coefficient (Wildman–Crippen LogP) is 2.94. The lowest BCUT2D eigenvalue weighted by Crippen LogP contribution is -2.30. The molecule has 1 unspecified atom stereocenters. The van der Waals surface area contributed by atoms with Gasteiger partial charge in [0.2, 0.25) is 0 Å². The molecule has 0 aromatic heterocycles. The van der Waals surface area contributed by atoms with Crippen LogP contribution < -0.4 is 10.1 Å². The van der Waals surface area contributed by atoms with Gasteiger partial charge in [0.1, 0.15) is 11.9 Å². The molecule has 0 spiro atoms. The zero-order valence-electron chi connectivity index (χ0n) is 11.0. The van der Waals surface area contributed by atoms with Gasteiger partial charge in [-0.1, -0.05) is 19.9 Å². The Labute approximate surface area is 104 Å². The summed E-state index contributed by atoms with van der Waals surface area (Å²) < 4.78 is 6.03. The lowest BCUT2D eigenvalue weighted by atomic mass is 10.1. The third-order valence-corrected chi connectivity index (χ3v) is 3.45. The molecule has 0 heterocycles. The van der Waals surface area contributed by atoms with Crippen molar-refractivity contribution in [2.45, 2.75) is 45.6 Å². The van der Waals surface area contributed by atoms with Crippen LogP contribution >= 0.6 is 0 Å². The van der Waals surface area contributed by atoms with Crippen LogP contribution in [0.1, 0.15) is 37.8 Å². The summed E-state index contributed by atoms with van der Waals surface area (Å²) in [6, 6.07) is 6.59. The number of likely N-dealkylation sites (N-methyl/N-ethyl adjacent to an activating group) is 1. The Morgan fingerprint density at radius 2 is 2.06 bits per heavy atom. The molecule has 0 radical (unpaired) electrons. The Bertz CT molecular complexity index is 362. The first-order valence-electron chi connectivity index (χ1n) is 6.82. The summed E-state index contributed by atoms with van der Waals surface area (Å²) in [6.07, 6.45) is 5.09. The number of benzene rings is 1. The highest BCUT2D eigenvalue weighted by atomic mass is 16.5. The largest absolute Gasteiger partial charge is 0.489 e. The summed E-state index contributed by atoms with van der Waals surface area (Å²) in [5, 5.41) is 3.35. The van der Waals surface area contributed by atoms with Crippen LogP contribution in [0.3, 0.4) is 0 Å². The van der Waals surface area contributed by atoms with Gasteiger partial charge in [-0.15, -0.1) is 0 Å². The molecule has 2 heteroatoms. The van der Waals surface area contributed by atoms with Crippen LogP contribution in [0.5, 0.6) is 5.75 Å². The topological polar surface area (TPSA) is 21.3 Å². The predicted molar refractivity (Wildman–Crippen MR) is 71.7 cm³/mol. The fourth-order valence-corrected chi connectivity index (χ4v) is 2.39. The molecule has 0 bridgehead atoms. The van der Waals surface area contributed by atoms with E-state index in [4.69, 9.17) is 4.74 Å².